The number of amides is 1. The number of anilines is 3. The van der Waals surface area contributed by atoms with Crippen molar-refractivity contribution >= 4 is 23.2 Å². The van der Waals surface area contributed by atoms with Crippen LogP contribution in [0.4, 0.5) is 17.3 Å². The Morgan fingerprint density at radius 3 is 2.62 bits per heavy atom. The van der Waals surface area contributed by atoms with Gasteiger partial charge in [0.25, 0.3) is 5.91 Å². The van der Waals surface area contributed by atoms with Crippen molar-refractivity contribution in [2.75, 3.05) is 17.7 Å². The molecule has 3 aromatic rings. The van der Waals surface area contributed by atoms with Crippen molar-refractivity contribution in [3.63, 3.8) is 0 Å². The Morgan fingerprint density at radius 1 is 1.12 bits per heavy atom. The molecule has 0 saturated heterocycles. The second kappa shape index (κ2) is 7.77. The van der Waals surface area contributed by atoms with Gasteiger partial charge in [-0.3, -0.25) is 4.79 Å². The first-order chi connectivity index (χ1) is 12.7. The minimum atomic E-state index is -0.357. The summed E-state index contributed by atoms with van der Waals surface area (Å²) in [7, 11) is 1.58. The third-order valence-electron chi connectivity index (χ3n) is 3.52. The van der Waals surface area contributed by atoms with Gasteiger partial charge in [-0.2, -0.15) is 5.26 Å². The molecule has 0 saturated carbocycles. The Hall–Kier alpha value is -3.92. The zero-order valence-corrected chi connectivity index (χ0v) is 13.9. The Labute approximate surface area is 150 Å². The van der Waals surface area contributed by atoms with Crippen LogP contribution in [0.3, 0.4) is 0 Å². The van der Waals surface area contributed by atoms with Gasteiger partial charge in [-0.25, -0.2) is 9.97 Å². The van der Waals surface area contributed by atoms with Crippen LogP contribution in [-0.4, -0.2) is 23.0 Å². The van der Waals surface area contributed by atoms with Gasteiger partial charge < -0.3 is 15.4 Å². The summed E-state index contributed by atoms with van der Waals surface area (Å²) in [5.41, 5.74) is 2.03. The third kappa shape index (κ3) is 3.94. The maximum Gasteiger partial charge on any atom is 0.258 e. The largest absolute Gasteiger partial charge is 0.495 e. The van der Waals surface area contributed by atoms with Crippen LogP contribution in [0.15, 0.2) is 60.9 Å². The maximum atomic E-state index is 12.3. The molecule has 0 aliphatic carbocycles. The second-order valence-corrected chi connectivity index (χ2v) is 5.27. The van der Waals surface area contributed by atoms with Gasteiger partial charge in [0, 0.05) is 18.1 Å². The molecule has 7 nitrogen and oxygen atoms in total. The monoisotopic (exact) mass is 345 g/mol. The van der Waals surface area contributed by atoms with Crippen LogP contribution in [-0.2, 0) is 0 Å². The molecule has 0 fully saturated rings. The first-order valence-electron chi connectivity index (χ1n) is 7.73. The van der Waals surface area contributed by atoms with E-state index in [0.29, 0.717) is 28.5 Å². The topological polar surface area (TPSA) is 99.9 Å². The van der Waals surface area contributed by atoms with E-state index in [2.05, 4.69) is 20.6 Å². The van der Waals surface area contributed by atoms with Crippen LogP contribution in [0.5, 0.6) is 5.75 Å². The first-order valence-corrected chi connectivity index (χ1v) is 7.73. The number of carbonyl (C=O) groups excluding carboxylic acids is 1. The molecule has 0 aliphatic rings. The Kier molecular flexibility index (Phi) is 5.05. The van der Waals surface area contributed by atoms with Crippen LogP contribution in [0.2, 0.25) is 0 Å². The molecule has 2 aromatic carbocycles. The summed E-state index contributed by atoms with van der Waals surface area (Å²) in [6.45, 7) is 0. The van der Waals surface area contributed by atoms with Crippen molar-refractivity contribution in [2.45, 2.75) is 0 Å². The summed E-state index contributed by atoms with van der Waals surface area (Å²) in [5.74, 6) is 0.650. The zero-order chi connectivity index (χ0) is 18.4. The standard InChI is InChI=1S/C19H15N5O2/c1-26-17-8-3-2-7-16(17)24-19-21-11-14(12-22-19)18(25)23-15-6-4-5-13(9-15)10-20/h2-9,11-12H,1H3,(H,23,25)(H,21,22,24). The summed E-state index contributed by atoms with van der Waals surface area (Å²) in [6, 6.07) is 16.1. The van der Waals surface area contributed by atoms with E-state index in [9.17, 15) is 4.79 Å². The zero-order valence-electron chi connectivity index (χ0n) is 13.9. The molecule has 0 radical (unpaired) electrons. The number of benzene rings is 2. The summed E-state index contributed by atoms with van der Waals surface area (Å²) in [4.78, 5) is 20.6. The van der Waals surface area contributed by atoms with Crippen molar-refractivity contribution in [1.82, 2.24) is 9.97 Å². The van der Waals surface area contributed by atoms with Crippen LogP contribution in [0, 0.1) is 11.3 Å². The van der Waals surface area contributed by atoms with Crippen molar-refractivity contribution in [1.29, 1.82) is 5.26 Å². The van der Waals surface area contributed by atoms with Crippen molar-refractivity contribution < 1.29 is 9.53 Å². The lowest BCUT2D eigenvalue weighted by atomic mass is 10.2. The van der Waals surface area contributed by atoms with Crippen LogP contribution >= 0.6 is 0 Å². The van der Waals surface area contributed by atoms with Gasteiger partial charge >= 0.3 is 0 Å². The van der Waals surface area contributed by atoms with Gasteiger partial charge in [-0.1, -0.05) is 18.2 Å². The summed E-state index contributed by atoms with van der Waals surface area (Å²) in [5, 5.41) is 14.7. The van der Waals surface area contributed by atoms with Gasteiger partial charge in [0.15, 0.2) is 0 Å². The average molecular weight is 345 g/mol. The van der Waals surface area contributed by atoms with E-state index in [1.54, 1.807) is 31.4 Å². The predicted molar refractivity (Wildman–Crippen MR) is 97.4 cm³/mol. The van der Waals surface area contributed by atoms with Gasteiger partial charge in [0.2, 0.25) is 5.95 Å². The predicted octanol–water partition coefficient (Wildman–Crippen LogP) is 3.35. The Bertz CT molecular complexity index is 964. The van der Waals surface area contributed by atoms with Crippen molar-refractivity contribution in [2.24, 2.45) is 0 Å². The van der Waals surface area contributed by atoms with E-state index in [0.717, 1.165) is 5.69 Å². The Balaban J connectivity index is 1.70. The fraction of sp³-hybridized carbons (Fsp3) is 0.0526. The molecule has 2 N–H and O–H groups in total. The minimum absolute atomic E-state index is 0.304. The molecule has 1 amide bonds. The molecular weight excluding hydrogens is 330 g/mol. The molecule has 3 rings (SSSR count). The number of hydrogen-bond donors (Lipinski definition) is 2. The van der Waals surface area contributed by atoms with Crippen LogP contribution < -0.4 is 15.4 Å². The van der Waals surface area contributed by atoms with Crippen molar-refractivity contribution in [3.8, 4) is 11.8 Å². The second-order valence-electron chi connectivity index (χ2n) is 5.27. The van der Waals surface area contributed by atoms with E-state index < -0.39 is 0 Å². The molecule has 7 heteroatoms. The molecule has 1 heterocycles. The van der Waals surface area contributed by atoms with Crippen LogP contribution in [0.25, 0.3) is 0 Å². The highest BCUT2D eigenvalue weighted by Crippen LogP contribution is 2.25. The normalized spacial score (nSPS) is 9.85. The smallest absolute Gasteiger partial charge is 0.258 e. The molecule has 0 aliphatic heterocycles. The molecule has 128 valence electrons. The highest BCUT2D eigenvalue weighted by atomic mass is 16.5. The molecular formula is C19H15N5O2. The summed E-state index contributed by atoms with van der Waals surface area (Å²) >= 11 is 0. The van der Waals surface area contributed by atoms with Gasteiger partial charge in [-0.05, 0) is 30.3 Å². The van der Waals surface area contributed by atoms with E-state index in [1.807, 2.05) is 30.3 Å². The molecule has 0 spiro atoms. The van der Waals surface area contributed by atoms with E-state index in [-0.39, 0.29) is 5.91 Å². The van der Waals surface area contributed by atoms with Gasteiger partial charge in [-0.15, -0.1) is 0 Å². The number of nitriles is 1. The fourth-order valence-corrected chi connectivity index (χ4v) is 2.25. The molecule has 26 heavy (non-hydrogen) atoms. The number of nitrogens with one attached hydrogen (secondary N) is 2. The van der Waals surface area contributed by atoms with Crippen LogP contribution in [0.1, 0.15) is 15.9 Å². The number of nitrogens with zero attached hydrogens (tertiary/aromatic N) is 3. The van der Waals surface area contributed by atoms with Crippen molar-refractivity contribution in [3.05, 3.63) is 72.1 Å². The number of methoxy groups -OCH3 is 1. The van der Waals surface area contributed by atoms with E-state index in [1.165, 1.54) is 12.4 Å². The lowest BCUT2D eigenvalue weighted by molar-refractivity contribution is 0.102. The first kappa shape index (κ1) is 16.9. The maximum absolute atomic E-state index is 12.3. The summed E-state index contributed by atoms with van der Waals surface area (Å²) < 4.78 is 5.26. The highest BCUT2D eigenvalue weighted by Gasteiger charge is 2.09. The van der Waals surface area contributed by atoms with E-state index in [4.69, 9.17) is 10.00 Å². The number of para-hydroxylation sites is 2. The average Bonchev–Trinajstić information content (AvgIpc) is 2.69. The quantitative estimate of drug-likeness (QED) is 0.735. The number of aromatic nitrogens is 2. The number of hydrogen-bond acceptors (Lipinski definition) is 6. The SMILES string of the molecule is COc1ccccc1Nc1ncc(C(=O)Nc2cccc(C#N)c2)cn1. The van der Waals surface area contributed by atoms with Gasteiger partial charge in [0.1, 0.15) is 5.75 Å². The Morgan fingerprint density at radius 2 is 1.88 bits per heavy atom. The molecule has 1 aromatic heterocycles. The lowest BCUT2D eigenvalue weighted by Gasteiger charge is -2.10. The van der Waals surface area contributed by atoms with Gasteiger partial charge in [0.05, 0.1) is 30.0 Å². The summed E-state index contributed by atoms with van der Waals surface area (Å²) in [6.07, 6.45) is 2.85. The minimum Gasteiger partial charge on any atom is -0.495 e. The third-order valence-corrected chi connectivity index (χ3v) is 3.52. The number of carbonyl (C=O) groups is 1. The molecule has 0 unspecified atom stereocenters. The molecule has 0 atom stereocenters. The fourth-order valence-electron chi connectivity index (χ4n) is 2.25. The molecule has 0 bridgehead atoms. The highest BCUT2D eigenvalue weighted by molar-refractivity contribution is 6.04. The lowest BCUT2D eigenvalue weighted by Crippen LogP contribution is -2.13. The number of rotatable bonds is 5. The number of ether oxygens (including phenoxy) is 1. The van der Waals surface area contributed by atoms with E-state index >= 15 is 0 Å².